The summed E-state index contributed by atoms with van der Waals surface area (Å²) in [6, 6.07) is 0. The molecule has 1 heterocycles. The van der Waals surface area contributed by atoms with Gasteiger partial charge in [0.05, 0.1) is 0 Å². The molecule has 2 aliphatic rings. The molecule has 1 aliphatic carbocycles. The average molecular weight is 189 g/mol. The van der Waals surface area contributed by atoms with Gasteiger partial charge in [-0.05, 0) is 38.9 Å². The first-order valence-electron chi connectivity index (χ1n) is 5.20. The molecular formula is C10H17F2N. The van der Waals surface area contributed by atoms with Crippen LogP contribution in [0, 0.1) is 5.41 Å². The smallest absolute Gasteiger partial charge is 0.254 e. The van der Waals surface area contributed by atoms with Crippen LogP contribution in [-0.2, 0) is 0 Å². The van der Waals surface area contributed by atoms with Crippen molar-refractivity contribution >= 4 is 0 Å². The van der Waals surface area contributed by atoms with E-state index in [-0.39, 0.29) is 6.42 Å². The van der Waals surface area contributed by atoms with Crippen LogP contribution < -0.4 is 0 Å². The Labute approximate surface area is 78.1 Å². The second kappa shape index (κ2) is 2.91. The second-order valence-corrected chi connectivity index (χ2v) is 4.50. The molecule has 0 bridgehead atoms. The number of piperidine rings is 1. The Morgan fingerprint density at radius 3 is 2.15 bits per heavy atom. The van der Waals surface area contributed by atoms with E-state index in [1.807, 2.05) is 0 Å². The minimum Gasteiger partial charge on any atom is -0.303 e. The number of hydrogen-bond acceptors (Lipinski definition) is 1. The van der Waals surface area contributed by atoms with Crippen molar-refractivity contribution < 1.29 is 8.78 Å². The first-order chi connectivity index (χ1) is 6.10. The summed E-state index contributed by atoms with van der Waals surface area (Å²) in [5.41, 5.74) is -0.572. The minimum atomic E-state index is -2.33. The van der Waals surface area contributed by atoms with Crippen LogP contribution in [0.3, 0.4) is 0 Å². The predicted octanol–water partition coefficient (Wildman–Crippen LogP) is 2.52. The first-order valence-corrected chi connectivity index (χ1v) is 5.20. The maximum atomic E-state index is 13.0. The van der Waals surface area contributed by atoms with Gasteiger partial charge in [0.15, 0.2) is 0 Å². The van der Waals surface area contributed by atoms with Gasteiger partial charge in [0.25, 0.3) is 5.92 Å². The minimum absolute atomic E-state index is 0.153. The number of likely N-dealkylation sites (tertiary alicyclic amines) is 1. The highest BCUT2D eigenvalue weighted by atomic mass is 19.3. The normalized spacial score (nSPS) is 30.7. The van der Waals surface area contributed by atoms with Gasteiger partial charge >= 0.3 is 0 Å². The molecular weight excluding hydrogens is 172 g/mol. The van der Waals surface area contributed by atoms with Gasteiger partial charge in [-0.2, -0.15) is 0 Å². The third kappa shape index (κ3) is 1.47. The Kier molecular flexibility index (Phi) is 2.10. The Hall–Kier alpha value is -0.180. The fourth-order valence-corrected chi connectivity index (χ4v) is 2.44. The quantitative estimate of drug-likeness (QED) is 0.645. The van der Waals surface area contributed by atoms with E-state index >= 15 is 0 Å². The molecule has 0 aromatic heterocycles. The molecule has 2 fully saturated rings. The molecule has 1 aliphatic heterocycles. The Morgan fingerprint density at radius 1 is 1.23 bits per heavy atom. The molecule has 0 N–H and O–H groups in total. The SMILES string of the molecule is CCCN1CCC2(CC1)CC2(F)F. The van der Waals surface area contributed by atoms with Gasteiger partial charge in [-0.1, -0.05) is 6.92 Å². The van der Waals surface area contributed by atoms with Crippen LogP contribution in [0.4, 0.5) is 8.78 Å². The monoisotopic (exact) mass is 189 g/mol. The number of rotatable bonds is 2. The third-order valence-electron chi connectivity index (χ3n) is 3.56. The summed E-state index contributed by atoms with van der Waals surface area (Å²) >= 11 is 0. The maximum Gasteiger partial charge on any atom is 0.254 e. The van der Waals surface area contributed by atoms with Crippen LogP contribution in [0.5, 0.6) is 0 Å². The Balaban J connectivity index is 1.84. The van der Waals surface area contributed by atoms with Crippen molar-refractivity contribution in [2.24, 2.45) is 5.41 Å². The summed E-state index contributed by atoms with van der Waals surface area (Å²) in [6.07, 6.45) is 2.70. The standard InChI is InChI=1S/C10H17F2N/c1-2-5-13-6-3-9(4-7-13)8-10(9,11)12/h2-8H2,1H3. The Morgan fingerprint density at radius 2 is 1.77 bits per heavy atom. The number of halogens is 2. The van der Waals surface area contributed by atoms with Gasteiger partial charge in [-0.3, -0.25) is 0 Å². The van der Waals surface area contributed by atoms with Crippen molar-refractivity contribution in [1.29, 1.82) is 0 Å². The number of nitrogens with zero attached hydrogens (tertiary/aromatic N) is 1. The van der Waals surface area contributed by atoms with Crippen molar-refractivity contribution in [2.75, 3.05) is 19.6 Å². The van der Waals surface area contributed by atoms with Crippen LogP contribution in [0.15, 0.2) is 0 Å². The molecule has 1 saturated carbocycles. The molecule has 1 nitrogen and oxygen atoms in total. The van der Waals surface area contributed by atoms with E-state index in [1.165, 1.54) is 0 Å². The zero-order valence-electron chi connectivity index (χ0n) is 8.15. The average Bonchev–Trinajstić information content (AvgIpc) is 2.59. The molecule has 76 valence electrons. The summed E-state index contributed by atoms with van der Waals surface area (Å²) in [5.74, 6) is -2.33. The lowest BCUT2D eigenvalue weighted by Gasteiger charge is -2.31. The van der Waals surface area contributed by atoms with Crippen molar-refractivity contribution in [3.05, 3.63) is 0 Å². The third-order valence-corrected chi connectivity index (χ3v) is 3.56. The fraction of sp³-hybridized carbons (Fsp3) is 1.00. The van der Waals surface area contributed by atoms with E-state index < -0.39 is 11.3 Å². The highest BCUT2D eigenvalue weighted by Gasteiger charge is 2.70. The lowest BCUT2D eigenvalue weighted by atomic mass is 9.93. The molecule has 0 aromatic rings. The van der Waals surface area contributed by atoms with E-state index in [2.05, 4.69) is 11.8 Å². The molecule has 0 radical (unpaired) electrons. The summed E-state index contributed by atoms with van der Waals surface area (Å²) in [4.78, 5) is 2.31. The summed E-state index contributed by atoms with van der Waals surface area (Å²) in [6.45, 7) is 4.96. The van der Waals surface area contributed by atoms with Crippen molar-refractivity contribution in [3.8, 4) is 0 Å². The highest BCUT2D eigenvalue weighted by Crippen LogP contribution is 2.65. The van der Waals surface area contributed by atoms with Gasteiger partial charge in [-0.25, -0.2) is 8.78 Å². The molecule has 1 saturated heterocycles. The Bertz CT molecular complexity index is 195. The predicted molar refractivity (Wildman–Crippen MR) is 48.0 cm³/mol. The molecule has 0 unspecified atom stereocenters. The van der Waals surface area contributed by atoms with Gasteiger partial charge in [-0.15, -0.1) is 0 Å². The van der Waals surface area contributed by atoms with E-state index in [0.717, 1.165) is 26.1 Å². The zero-order valence-corrected chi connectivity index (χ0v) is 8.15. The molecule has 0 aromatic carbocycles. The van der Waals surface area contributed by atoms with Crippen molar-refractivity contribution in [3.63, 3.8) is 0 Å². The van der Waals surface area contributed by atoms with Crippen molar-refractivity contribution in [1.82, 2.24) is 4.90 Å². The van der Waals surface area contributed by atoms with Gasteiger partial charge in [0, 0.05) is 11.8 Å². The lowest BCUT2D eigenvalue weighted by Crippen LogP contribution is -2.36. The van der Waals surface area contributed by atoms with Gasteiger partial charge < -0.3 is 4.90 Å². The van der Waals surface area contributed by atoms with E-state index in [9.17, 15) is 8.78 Å². The molecule has 0 amide bonds. The van der Waals surface area contributed by atoms with E-state index in [0.29, 0.717) is 12.8 Å². The summed E-state index contributed by atoms with van der Waals surface area (Å²) in [5, 5.41) is 0. The van der Waals surface area contributed by atoms with E-state index in [4.69, 9.17) is 0 Å². The number of alkyl halides is 2. The van der Waals surface area contributed by atoms with Crippen LogP contribution in [0.25, 0.3) is 0 Å². The zero-order chi connectivity index (χ0) is 9.53. The topological polar surface area (TPSA) is 3.24 Å². The molecule has 13 heavy (non-hydrogen) atoms. The van der Waals surface area contributed by atoms with Crippen LogP contribution in [-0.4, -0.2) is 30.5 Å². The number of hydrogen-bond donors (Lipinski definition) is 0. The molecule has 0 atom stereocenters. The highest BCUT2D eigenvalue weighted by molar-refractivity contribution is 5.11. The first kappa shape index (κ1) is 9.38. The van der Waals surface area contributed by atoms with Crippen LogP contribution in [0.1, 0.15) is 32.6 Å². The molecule has 1 spiro atoms. The largest absolute Gasteiger partial charge is 0.303 e. The van der Waals surface area contributed by atoms with Crippen molar-refractivity contribution in [2.45, 2.75) is 38.5 Å². The molecule has 3 heteroatoms. The summed E-state index contributed by atoms with van der Waals surface area (Å²) in [7, 11) is 0. The van der Waals surface area contributed by atoms with Crippen LogP contribution >= 0.6 is 0 Å². The van der Waals surface area contributed by atoms with Crippen LogP contribution in [0.2, 0.25) is 0 Å². The second-order valence-electron chi connectivity index (χ2n) is 4.50. The molecule has 2 rings (SSSR count). The summed E-state index contributed by atoms with van der Waals surface area (Å²) < 4.78 is 25.9. The van der Waals surface area contributed by atoms with Gasteiger partial charge in [0.2, 0.25) is 0 Å². The van der Waals surface area contributed by atoms with E-state index in [1.54, 1.807) is 0 Å². The maximum absolute atomic E-state index is 13.0. The lowest BCUT2D eigenvalue weighted by molar-refractivity contribution is 0.0315. The van der Waals surface area contributed by atoms with Gasteiger partial charge in [0.1, 0.15) is 0 Å². The fourth-order valence-electron chi connectivity index (χ4n) is 2.44.